The standard InChI is InChI=1S/C19H26Cl2N2O3/c1-11(2)7-17(19(25)23-9-12(3)26-13(4)10-23)22-18(24)15-6-5-14(20)8-16(15)21/h5-6,8,11-13,17H,7,9-10H2,1-4H3,(H,22,24)/t12-,13-,17+/m1/s1. The Morgan fingerprint density at radius 2 is 1.85 bits per heavy atom. The molecule has 1 aliphatic rings. The molecular formula is C19H26Cl2N2O3. The van der Waals surface area contributed by atoms with Crippen molar-refractivity contribution in [2.45, 2.75) is 52.4 Å². The summed E-state index contributed by atoms with van der Waals surface area (Å²) in [6, 6.07) is 4.08. The van der Waals surface area contributed by atoms with E-state index in [0.717, 1.165) is 0 Å². The second-order valence-electron chi connectivity index (χ2n) is 7.28. The Bertz CT molecular complexity index is 656. The molecule has 5 nitrogen and oxygen atoms in total. The van der Waals surface area contributed by atoms with Gasteiger partial charge < -0.3 is 15.0 Å². The zero-order chi connectivity index (χ0) is 19.4. The number of carbonyl (C=O) groups is 2. The first-order chi connectivity index (χ1) is 12.2. The van der Waals surface area contributed by atoms with Crippen LogP contribution in [-0.4, -0.2) is 48.1 Å². The van der Waals surface area contributed by atoms with E-state index in [1.54, 1.807) is 17.0 Å². The van der Waals surface area contributed by atoms with Gasteiger partial charge >= 0.3 is 0 Å². The lowest BCUT2D eigenvalue weighted by Crippen LogP contribution is -2.55. The van der Waals surface area contributed by atoms with Gasteiger partial charge in [-0.2, -0.15) is 0 Å². The van der Waals surface area contributed by atoms with Crippen LogP contribution in [0.2, 0.25) is 10.0 Å². The van der Waals surface area contributed by atoms with Crippen LogP contribution in [0.3, 0.4) is 0 Å². The molecule has 1 aromatic rings. The van der Waals surface area contributed by atoms with Crippen molar-refractivity contribution in [3.8, 4) is 0 Å². The van der Waals surface area contributed by atoms with Gasteiger partial charge in [0.2, 0.25) is 5.91 Å². The van der Waals surface area contributed by atoms with Gasteiger partial charge in [0.05, 0.1) is 22.8 Å². The summed E-state index contributed by atoms with van der Waals surface area (Å²) < 4.78 is 5.69. The molecule has 3 atom stereocenters. The molecule has 0 aliphatic carbocycles. The number of amides is 2. The Morgan fingerprint density at radius 1 is 1.23 bits per heavy atom. The summed E-state index contributed by atoms with van der Waals surface area (Å²) in [7, 11) is 0. The first-order valence-corrected chi connectivity index (χ1v) is 9.63. The summed E-state index contributed by atoms with van der Waals surface area (Å²) in [4.78, 5) is 27.5. The van der Waals surface area contributed by atoms with E-state index in [1.165, 1.54) is 6.07 Å². The SMILES string of the molecule is CC(C)C[C@H](NC(=O)c1ccc(Cl)cc1Cl)C(=O)N1C[C@@H](C)O[C@H](C)C1. The normalized spacial score (nSPS) is 21.6. The van der Waals surface area contributed by atoms with Gasteiger partial charge in [0.1, 0.15) is 6.04 Å². The molecule has 0 saturated carbocycles. The molecule has 1 aromatic carbocycles. The second-order valence-corrected chi connectivity index (χ2v) is 8.12. The van der Waals surface area contributed by atoms with E-state index in [2.05, 4.69) is 5.32 Å². The van der Waals surface area contributed by atoms with Crippen LogP contribution in [0.5, 0.6) is 0 Å². The van der Waals surface area contributed by atoms with E-state index in [9.17, 15) is 9.59 Å². The van der Waals surface area contributed by atoms with Crippen LogP contribution in [0.15, 0.2) is 18.2 Å². The Kier molecular flexibility index (Phi) is 7.33. The molecule has 1 N–H and O–H groups in total. The molecule has 1 fully saturated rings. The Hall–Kier alpha value is -1.30. The van der Waals surface area contributed by atoms with Crippen LogP contribution in [0.25, 0.3) is 0 Å². The average molecular weight is 401 g/mol. The maximum atomic E-state index is 13.0. The van der Waals surface area contributed by atoms with E-state index >= 15 is 0 Å². The monoisotopic (exact) mass is 400 g/mol. The number of nitrogens with zero attached hydrogens (tertiary/aromatic N) is 1. The number of morpholine rings is 1. The third-order valence-corrected chi connectivity index (χ3v) is 4.77. The maximum Gasteiger partial charge on any atom is 0.253 e. The van der Waals surface area contributed by atoms with Crippen molar-refractivity contribution in [3.63, 3.8) is 0 Å². The van der Waals surface area contributed by atoms with Crippen LogP contribution in [-0.2, 0) is 9.53 Å². The molecule has 1 saturated heterocycles. The van der Waals surface area contributed by atoms with Crippen molar-refractivity contribution < 1.29 is 14.3 Å². The van der Waals surface area contributed by atoms with E-state index < -0.39 is 6.04 Å². The molecule has 2 rings (SSSR count). The largest absolute Gasteiger partial charge is 0.372 e. The van der Waals surface area contributed by atoms with Crippen LogP contribution < -0.4 is 5.32 Å². The van der Waals surface area contributed by atoms with Gasteiger partial charge in [-0.25, -0.2) is 0 Å². The lowest BCUT2D eigenvalue weighted by molar-refractivity contribution is -0.145. The number of hydrogen-bond donors (Lipinski definition) is 1. The van der Waals surface area contributed by atoms with E-state index in [0.29, 0.717) is 30.1 Å². The third kappa shape index (κ3) is 5.60. The Morgan fingerprint density at radius 3 is 2.38 bits per heavy atom. The molecule has 0 aromatic heterocycles. The van der Waals surface area contributed by atoms with E-state index in [4.69, 9.17) is 27.9 Å². The number of hydrogen-bond acceptors (Lipinski definition) is 3. The first kappa shape index (κ1) is 21.0. The average Bonchev–Trinajstić information content (AvgIpc) is 2.52. The quantitative estimate of drug-likeness (QED) is 0.817. The Labute approximate surface area is 165 Å². The van der Waals surface area contributed by atoms with Gasteiger partial charge in [-0.1, -0.05) is 37.0 Å². The smallest absolute Gasteiger partial charge is 0.253 e. The summed E-state index contributed by atoms with van der Waals surface area (Å²) in [6.45, 7) is 8.97. The van der Waals surface area contributed by atoms with Crippen molar-refractivity contribution in [2.24, 2.45) is 5.92 Å². The van der Waals surface area contributed by atoms with Crippen molar-refractivity contribution >= 4 is 35.0 Å². The van der Waals surface area contributed by atoms with Crippen LogP contribution in [0, 0.1) is 5.92 Å². The molecule has 7 heteroatoms. The summed E-state index contributed by atoms with van der Waals surface area (Å²) in [6.07, 6.45) is 0.503. The molecule has 26 heavy (non-hydrogen) atoms. The zero-order valence-electron chi connectivity index (χ0n) is 15.6. The highest BCUT2D eigenvalue weighted by Gasteiger charge is 2.32. The summed E-state index contributed by atoms with van der Waals surface area (Å²) in [5.74, 6) is -0.208. The van der Waals surface area contributed by atoms with Crippen LogP contribution >= 0.6 is 23.2 Å². The van der Waals surface area contributed by atoms with Gasteiger partial charge in [0.25, 0.3) is 5.91 Å². The summed E-state index contributed by atoms with van der Waals surface area (Å²) in [5, 5.41) is 3.57. The van der Waals surface area contributed by atoms with Crippen molar-refractivity contribution in [2.75, 3.05) is 13.1 Å². The molecule has 0 spiro atoms. The molecule has 1 heterocycles. The summed E-state index contributed by atoms with van der Waals surface area (Å²) >= 11 is 12.0. The highest BCUT2D eigenvalue weighted by atomic mass is 35.5. The molecular weight excluding hydrogens is 375 g/mol. The lowest BCUT2D eigenvalue weighted by atomic mass is 10.0. The van der Waals surface area contributed by atoms with Crippen molar-refractivity contribution in [1.29, 1.82) is 0 Å². The second kappa shape index (κ2) is 9.07. The molecule has 2 amide bonds. The van der Waals surface area contributed by atoms with Crippen molar-refractivity contribution in [1.82, 2.24) is 10.2 Å². The van der Waals surface area contributed by atoms with Gasteiger partial charge in [-0.15, -0.1) is 0 Å². The molecule has 1 aliphatic heterocycles. The minimum atomic E-state index is -0.605. The number of nitrogens with one attached hydrogen (secondary N) is 1. The van der Waals surface area contributed by atoms with Gasteiger partial charge in [0.15, 0.2) is 0 Å². The lowest BCUT2D eigenvalue weighted by Gasteiger charge is -2.37. The minimum Gasteiger partial charge on any atom is -0.372 e. The summed E-state index contributed by atoms with van der Waals surface area (Å²) in [5.41, 5.74) is 0.307. The predicted octanol–water partition coefficient (Wildman–Crippen LogP) is 3.77. The van der Waals surface area contributed by atoms with Gasteiger partial charge in [-0.05, 0) is 44.4 Å². The topological polar surface area (TPSA) is 58.6 Å². The third-order valence-electron chi connectivity index (χ3n) is 4.22. The van der Waals surface area contributed by atoms with Crippen LogP contribution in [0.4, 0.5) is 0 Å². The minimum absolute atomic E-state index is 0.0242. The fourth-order valence-corrected chi connectivity index (χ4v) is 3.68. The highest BCUT2D eigenvalue weighted by molar-refractivity contribution is 6.36. The van der Waals surface area contributed by atoms with E-state index in [1.807, 2.05) is 27.7 Å². The highest BCUT2D eigenvalue weighted by Crippen LogP contribution is 2.22. The number of carbonyl (C=O) groups excluding carboxylic acids is 2. The molecule has 0 radical (unpaired) electrons. The predicted molar refractivity (Wildman–Crippen MR) is 104 cm³/mol. The van der Waals surface area contributed by atoms with Crippen molar-refractivity contribution in [3.05, 3.63) is 33.8 Å². The number of halogens is 2. The fraction of sp³-hybridized carbons (Fsp3) is 0.579. The van der Waals surface area contributed by atoms with E-state index in [-0.39, 0.29) is 35.0 Å². The maximum absolute atomic E-state index is 13.0. The number of ether oxygens (including phenoxy) is 1. The number of rotatable bonds is 5. The zero-order valence-corrected chi connectivity index (χ0v) is 17.1. The fourth-order valence-electron chi connectivity index (χ4n) is 3.18. The van der Waals surface area contributed by atoms with Gasteiger partial charge in [0, 0.05) is 18.1 Å². The van der Waals surface area contributed by atoms with Crippen LogP contribution in [0.1, 0.15) is 44.5 Å². The molecule has 144 valence electrons. The first-order valence-electron chi connectivity index (χ1n) is 8.87. The molecule has 0 bridgehead atoms. The van der Waals surface area contributed by atoms with Gasteiger partial charge in [-0.3, -0.25) is 9.59 Å². The Balaban J connectivity index is 2.15. The molecule has 0 unspecified atom stereocenters. The number of benzene rings is 1.